The van der Waals surface area contributed by atoms with Gasteiger partial charge >= 0.3 is 11.9 Å². The summed E-state index contributed by atoms with van der Waals surface area (Å²) >= 11 is 0. The fraction of sp³-hybridized carbons (Fsp3) is 0.571. The Balaban J connectivity index is 2.37. The Labute approximate surface area is 123 Å². The minimum atomic E-state index is -0.759. The predicted octanol–water partition coefficient (Wildman–Crippen LogP) is 1.96. The highest BCUT2D eigenvalue weighted by Gasteiger charge is 2.10. The van der Waals surface area contributed by atoms with Crippen LogP contribution in [-0.4, -0.2) is 40.9 Å². The summed E-state index contributed by atoms with van der Waals surface area (Å²) in [5.74, 6) is -0.328. The van der Waals surface area contributed by atoms with Gasteiger partial charge in [0.1, 0.15) is 5.82 Å². The lowest BCUT2D eigenvalue weighted by atomic mass is 9.97. The molecule has 0 radical (unpaired) electrons. The number of nitrogens with one attached hydrogen (secondary N) is 1. The Morgan fingerprint density at radius 1 is 1.33 bits per heavy atom. The number of methoxy groups -OCH3 is 1. The third kappa shape index (κ3) is 6.20. The van der Waals surface area contributed by atoms with E-state index in [4.69, 9.17) is 5.11 Å². The zero-order valence-corrected chi connectivity index (χ0v) is 12.3. The summed E-state index contributed by atoms with van der Waals surface area (Å²) in [6, 6.07) is 3.21. The molecule has 7 heteroatoms. The first-order valence-electron chi connectivity index (χ1n) is 6.94. The van der Waals surface area contributed by atoms with Crippen molar-refractivity contribution in [1.82, 2.24) is 10.2 Å². The van der Waals surface area contributed by atoms with Gasteiger partial charge in [-0.2, -0.15) is 0 Å². The van der Waals surface area contributed by atoms with Crippen LogP contribution < -0.4 is 5.32 Å². The second-order valence-corrected chi connectivity index (χ2v) is 4.72. The summed E-state index contributed by atoms with van der Waals surface area (Å²) in [6.45, 7) is 2.74. The molecule has 0 aliphatic heterocycles. The number of aliphatic carboxylic acids is 1. The van der Waals surface area contributed by atoms with E-state index in [1.165, 1.54) is 7.11 Å². The number of carbonyl (C=O) groups excluding carboxylic acids is 1. The summed E-state index contributed by atoms with van der Waals surface area (Å²) in [5.41, 5.74) is 0.163. The number of carboxylic acids is 1. The summed E-state index contributed by atoms with van der Waals surface area (Å²) in [7, 11) is 1.29. The van der Waals surface area contributed by atoms with Gasteiger partial charge in [-0.1, -0.05) is 13.3 Å². The van der Waals surface area contributed by atoms with E-state index in [2.05, 4.69) is 27.2 Å². The third-order valence-corrected chi connectivity index (χ3v) is 3.26. The molecule has 2 N–H and O–H groups in total. The van der Waals surface area contributed by atoms with Crippen molar-refractivity contribution >= 4 is 17.8 Å². The van der Waals surface area contributed by atoms with Gasteiger partial charge in [-0.15, -0.1) is 10.2 Å². The SMILES string of the molecule is CCC(CCNc1ccc(C(=O)OC)nn1)CCC(=O)O. The van der Waals surface area contributed by atoms with E-state index in [1.54, 1.807) is 12.1 Å². The molecular formula is C14H21N3O4. The summed E-state index contributed by atoms with van der Waals surface area (Å²) < 4.78 is 4.54. The minimum Gasteiger partial charge on any atom is -0.481 e. The van der Waals surface area contributed by atoms with E-state index in [0.717, 1.165) is 12.8 Å². The van der Waals surface area contributed by atoms with Gasteiger partial charge in [-0.25, -0.2) is 4.79 Å². The first kappa shape index (κ1) is 16.9. The standard InChI is InChI=1S/C14H21N3O4/c1-3-10(4-7-13(18)19)8-9-15-12-6-5-11(16-17-12)14(20)21-2/h5-6,10H,3-4,7-9H2,1-2H3,(H,15,17)(H,18,19). The maximum absolute atomic E-state index is 11.2. The van der Waals surface area contributed by atoms with E-state index in [1.807, 2.05) is 0 Å². The number of hydrogen-bond donors (Lipinski definition) is 2. The average molecular weight is 295 g/mol. The minimum absolute atomic E-state index is 0.163. The molecule has 0 fully saturated rings. The molecule has 1 atom stereocenters. The van der Waals surface area contributed by atoms with Crippen molar-refractivity contribution in [2.24, 2.45) is 5.92 Å². The zero-order chi connectivity index (χ0) is 15.7. The molecule has 7 nitrogen and oxygen atoms in total. The molecule has 0 aromatic carbocycles. The van der Waals surface area contributed by atoms with E-state index >= 15 is 0 Å². The highest BCUT2D eigenvalue weighted by molar-refractivity contribution is 5.86. The first-order valence-corrected chi connectivity index (χ1v) is 6.94. The molecule has 0 aliphatic rings. The second-order valence-electron chi connectivity index (χ2n) is 4.72. The first-order chi connectivity index (χ1) is 10.1. The van der Waals surface area contributed by atoms with Crippen molar-refractivity contribution in [3.8, 4) is 0 Å². The second kappa shape index (κ2) is 8.89. The molecule has 116 valence electrons. The van der Waals surface area contributed by atoms with Gasteiger partial charge in [0.15, 0.2) is 5.69 Å². The lowest BCUT2D eigenvalue weighted by molar-refractivity contribution is -0.137. The van der Waals surface area contributed by atoms with Gasteiger partial charge in [0.05, 0.1) is 7.11 Å². The van der Waals surface area contributed by atoms with Crippen molar-refractivity contribution in [2.75, 3.05) is 19.0 Å². The van der Waals surface area contributed by atoms with Crippen LogP contribution in [0.3, 0.4) is 0 Å². The molecule has 1 rings (SSSR count). The number of ether oxygens (including phenoxy) is 1. The lowest BCUT2D eigenvalue weighted by Gasteiger charge is -2.14. The highest BCUT2D eigenvalue weighted by Crippen LogP contribution is 2.15. The number of carbonyl (C=O) groups is 2. The van der Waals surface area contributed by atoms with Gasteiger partial charge < -0.3 is 15.2 Å². The van der Waals surface area contributed by atoms with Crippen LogP contribution in [0.5, 0.6) is 0 Å². The Bertz CT molecular complexity index is 462. The lowest BCUT2D eigenvalue weighted by Crippen LogP contribution is -2.12. The smallest absolute Gasteiger partial charge is 0.358 e. The summed E-state index contributed by atoms with van der Waals surface area (Å²) in [5, 5.41) is 19.4. The Kier molecular flexibility index (Phi) is 7.14. The van der Waals surface area contributed by atoms with Gasteiger partial charge in [0, 0.05) is 13.0 Å². The van der Waals surface area contributed by atoms with Crippen LogP contribution in [0, 0.1) is 5.92 Å². The molecule has 0 aliphatic carbocycles. The maximum atomic E-state index is 11.2. The van der Waals surface area contributed by atoms with Gasteiger partial charge in [0.2, 0.25) is 0 Å². The van der Waals surface area contributed by atoms with Crippen LogP contribution in [0.1, 0.15) is 43.1 Å². The fourth-order valence-electron chi connectivity index (χ4n) is 1.92. The number of rotatable bonds is 9. The molecular weight excluding hydrogens is 274 g/mol. The van der Waals surface area contributed by atoms with Crippen LogP contribution in [0.4, 0.5) is 5.82 Å². The van der Waals surface area contributed by atoms with E-state index in [0.29, 0.717) is 24.7 Å². The third-order valence-electron chi connectivity index (χ3n) is 3.26. The molecule has 0 saturated heterocycles. The molecule has 0 bridgehead atoms. The molecule has 0 saturated carbocycles. The van der Waals surface area contributed by atoms with Crippen molar-refractivity contribution in [3.05, 3.63) is 17.8 Å². The molecule has 1 unspecified atom stereocenters. The van der Waals surface area contributed by atoms with Crippen molar-refractivity contribution in [1.29, 1.82) is 0 Å². The Morgan fingerprint density at radius 2 is 2.10 bits per heavy atom. The zero-order valence-electron chi connectivity index (χ0n) is 12.3. The van der Waals surface area contributed by atoms with Crippen LogP contribution >= 0.6 is 0 Å². The fourth-order valence-corrected chi connectivity index (χ4v) is 1.92. The summed E-state index contributed by atoms with van der Waals surface area (Å²) in [6.07, 6.45) is 2.69. The molecule has 1 heterocycles. The van der Waals surface area contributed by atoms with Gasteiger partial charge in [-0.05, 0) is 30.9 Å². The Morgan fingerprint density at radius 3 is 2.62 bits per heavy atom. The number of hydrogen-bond acceptors (Lipinski definition) is 6. The monoisotopic (exact) mass is 295 g/mol. The van der Waals surface area contributed by atoms with Gasteiger partial charge in [-0.3, -0.25) is 4.79 Å². The van der Waals surface area contributed by atoms with Crippen molar-refractivity contribution in [3.63, 3.8) is 0 Å². The van der Waals surface area contributed by atoms with E-state index in [9.17, 15) is 9.59 Å². The van der Waals surface area contributed by atoms with Crippen molar-refractivity contribution in [2.45, 2.75) is 32.6 Å². The number of carboxylic acid groups (broad SMARTS) is 1. The predicted molar refractivity (Wildman–Crippen MR) is 77.1 cm³/mol. The molecule has 1 aromatic rings. The summed E-state index contributed by atoms with van der Waals surface area (Å²) in [4.78, 5) is 21.8. The van der Waals surface area contributed by atoms with E-state index < -0.39 is 11.9 Å². The maximum Gasteiger partial charge on any atom is 0.358 e. The number of nitrogens with zero attached hydrogens (tertiary/aromatic N) is 2. The van der Waals surface area contributed by atoms with Crippen LogP contribution in [-0.2, 0) is 9.53 Å². The van der Waals surface area contributed by atoms with Gasteiger partial charge in [0.25, 0.3) is 0 Å². The van der Waals surface area contributed by atoms with E-state index in [-0.39, 0.29) is 12.1 Å². The largest absolute Gasteiger partial charge is 0.481 e. The number of anilines is 1. The Hall–Kier alpha value is -2.18. The quantitative estimate of drug-likeness (QED) is 0.671. The number of esters is 1. The average Bonchev–Trinajstić information content (AvgIpc) is 2.50. The van der Waals surface area contributed by atoms with Crippen molar-refractivity contribution < 1.29 is 19.4 Å². The van der Waals surface area contributed by atoms with Crippen LogP contribution in [0.2, 0.25) is 0 Å². The highest BCUT2D eigenvalue weighted by atomic mass is 16.5. The molecule has 0 amide bonds. The van der Waals surface area contributed by atoms with Crippen LogP contribution in [0.25, 0.3) is 0 Å². The number of aromatic nitrogens is 2. The molecule has 21 heavy (non-hydrogen) atoms. The molecule has 0 spiro atoms. The molecule has 1 aromatic heterocycles. The topological polar surface area (TPSA) is 101 Å². The normalized spacial score (nSPS) is 11.7. The van der Waals surface area contributed by atoms with Crippen LogP contribution in [0.15, 0.2) is 12.1 Å².